The fourth-order valence-electron chi connectivity index (χ4n) is 11.7. The third-order valence-corrected chi connectivity index (χ3v) is 17.6. The van der Waals surface area contributed by atoms with E-state index in [4.69, 9.17) is 18.9 Å². The molecule has 0 saturated carbocycles. The Balaban J connectivity index is 1.67. The number of rotatable bonds is 60. The molecule has 2 aliphatic rings. The molecule has 2 rings (SSSR count). The van der Waals surface area contributed by atoms with Crippen LogP contribution in [0.25, 0.3) is 0 Å². The first-order valence-electron chi connectivity index (χ1n) is 36.8. The highest BCUT2D eigenvalue weighted by molar-refractivity contribution is 5.76. The molecule has 14 heteroatoms. The number of allylic oxidation sites excluding steroid dienone is 13. The third kappa shape index (κ3) is 43.2. The van der Waals surface area contributed by atoms with Gasteiger partial charge in [0.1, 0.15) is 48.8 Å². The Hall–Kier alpha value is -2.83. The maximum absolute atomic E-state index is 13.3. The van der Waals surface area contributed by atoms with Crippen molar-refractivity contribution in [2.75, 3.05) is 19.8 Å². The number of amides is 1. The predicted molar refractivity (Wildman–Crippen MR) is 369 cm³/mol. The molecule has 2 saturated heterocycles. The van der Waals surface area contributed by atoms with Crippen molar-refractivity contribution in [2.45, 2.75) is 370 Å². The molecule has 0 aliphatic carbocycles. The molecule has 9 N–H and O–H groups in total. The van der Waals surface area contributed by atoms with Crippen LogP contribution in [-0.2, 0) is 23.7 Å². The lowest BCUT2D eigenvalue weighted by molar-refractivity contribution is -0.359. The van der Waals surface area contributed by atoms with Crippen LogP contribution in [0.5, 0.6) is 0 Å². The minimum absolute atomic E-state index is 0.256. The molecule has 90 heavy (non-hydrogen) atoms. The summed E-state index contributed by atoms with van der Waals surface area (Å²) in [4.78, 5) is 13.3. The molecule has 0 spiro atoms. The minimum Gasteiger partial charge on any atom is -0.394 e. The van der Waals surface area contributed by atoms with Gasteiger partial charge in [-0.3, -0.25) is 4.79 Å². The van der Waals surface area contributed by atoms with E-state index in [1.165, 1.54) is 180 Å². The molecule has 2 heterocycles. The van der Waals surface area contributed by atoms with Crippen molar-refractivity contribution in [3.63, 3.8) is 0 Å². The number of carbonyl (C=O) groups is 1. The molecule has 12 unspecified atom stereocenters. The highest BCUT2D eigenvalue weighted by Crippen LogP contribution is 2.30. The summed E-state index contributed by atoms with van der Waals surface area (Å²) in [7, 11) is 0. The third-order valence-electron chi connectivity index (χ3n) is 17.6. The van der Waals surface area contributed by atoms with Crippen LogP contribution in [0.2, 0.25) is 0 Å². The molecule has 0 aromatic heterocycles. The van der Waals surface area contributed by atoms with Gasteiger partial charge < -0.3 is 65.1 Å². The molecule has 0 bridgehead atoms. The molecule has 14 nitrogen and oxygen atoms in total. The van der Waals surface area contributed by atoms with Gasteiger partial charge in [-0.1, -0.05) is 298 Å². The highest BCUT2D eigenvalue weighted by atomic mass is 16.7. The first-order chi connectivity index (χ1) is 44.1. The van der Waals surface area contributed by atoms with Crippen LogP contribution in [0.1, 0.15) is 296 Å². The van der Waals surface area contributed by atoms with Crippen LogP contribution in [0.4, 0.5) is 0 Å². The fraction of sp³-hybridized carbons (Fsp3) is 0.803. The molecule has 2 fully saturated rings. The van der Waals surface area contributed by atoms with E-state index in [2.05, 4.69) is 92.1 Å². The topological polar surface area (TPSA) is 228 Å². The van der Waals surface area contributed by atoms with E-state index >= 15 is 0 Å². The number of nitrogens with one attached hydrogen (secondary N) is 1. The van der Waals surface area contributed by atoms with E-state index in [-0.39, 0.29) is 18.9 Å². The molecular weight excluding hydrogens is 1130 g/mol. The van der Waals surface area contributed by atoms with Crippen molar-refractivity contribution in [2.24, 2.45) is 0 Å². The second-order valence-electron chi connectivity index (χ2n) is 25.7. The molecule has 0 radical (unpaired) electrons. The Labute approximate surface area is 548 Å². The lowest BCUT2D eigenvalue weighted by Crippen LogP contribution is -2.65. The Bertz CT molecular complexity index is 1830. The second kappa shape index (κ2) is 59.9. The molecule has 1 amide bonds. The number of hydrogen-bond donors (Lipinski definition) is 9. The van der Waals surface area contributed by atoms with Crippen molar-refractivity contribution in [3.05, 3.63) is 85.1 Å². The van der Waals surface area contributed by atoms with Gasteiger partial charge in [-0.25, -0.2) is 0 Å². The molecule has 12 atom stereocenters. The summed E-state index contributed by atoms with van der Waals surface area (Å²) in [6.07, 6.45) is 66.5. The number of carbonyl (C=O) groups excluding carboxylic acids is 1. The average Bonchev–Trinajstić information content (AvgIpc) is 1.28. The first-order valence-corrected chi connectivity index (χ1v) is 36.8. The van der Waals surface area contributed by atoms with Crippen LogP contribution >= 0.6 is 0 Å². The summed E-state index contributed by atoms with van der Waals surface area (Å²) < 4.78 is 22.8. The van der Waals surface area contributed by atoms with Gasteiger partial charge in [0.15, 0.2) is 12.6 Å². The summed E-state index contributed by atoms with van der Waals surface area (Å²) in [5.41, 5.74) is 0. The quantitative estimate of drug-likeness (QED) is 0.0204. The Morgan fingerprint density at radius 1 is 0.411 bits per heavy atom. The molecular formula is C76H135NO13. The van der Waals surface area contributed by atoms with Gasteiger partial charge in [0.05, 0.1) is 32.0 Å². The van der Waals surface area contributed by atoms with E-state index in [0.717, 1.165) is 83.5 Å². The van der Waals surface area contributed by atoms with Crippen LogP contribution in [0.3, 0.4) is 0 Å². The summed E-state index contributed by atoms with van der Waals surface area (Å²) in [6, 6.07) is -0.945. The van der Waals surface area contributed by atoms with E-state index in [9.17, 15) is 45.6 Å². The largest absolute Gasteiger partial charge is 0.394 e. The van der Waals surface area contributed by atoms with E-state index in [1.807, 2.05) is 6.08 Å². The SMILES string of the molecule is CC/C=C\C/C=C\C/C=C\C/C=C\C/C=C\CCCCCCCCCC(=O)NC(COC1OC(CO)C(OC2OC(CO)C(O)C(O)C2O)C(O)C1O)C(O)/C=C/CC/C=C/CCCCCCCCCCCCCCCCCCCCCCCCCCCCC. The number of aliphatic hydroxyl groups is 8. The lowest BCUT2D eigenvalue weighted by Gasteiger charge is -2.46. The fourth-order valence-corrected chi connectivity index (χ4v) is 11.7. The highest BCUT2D eigenvalue weighted by Gasteiger charge is 2.51. The van der Waals surface area contributed by atoms with Crippen LogP contribution in [0, 0.1) is 0 Å². The summed E-state index contributed by atoms with van der Waals surface area (Å²) in [5.74, 6) is -0.261. The van der Waals surface area contributed by atoms with Gasteiger partial charge in [0, 0.05) is 6.42 Å². The Morgan fingerprint density at radius 3 is 1.22 bits per heavy atom. The van der Waals surface area contributed by atoms with Gasteiger partial charge in [0.25, 0.3) is 0 Å². The average molecular weight is 1270 g/mol. The molecule has 0 aromatic rings. The smallest absolute Gasteiger partial charge is 0.220 e. The van der Waals surface area contributed by atoms with Gasteiger partial charge in [-0.05, 0) is 77.0 Å². The summed E-state index contributed by atoms with van der Waals surface area (Å²) >= 11 is 0. The summed E-state index contributed by atoms with van der Waals surface area (Å²) in [6.45, 7) is 2.69. The zero-order valence-corrected chi connectivity index (χ0v) is 56.9. The van der Waals surface area contributed by atoms with E-state index in [1.54, 1.807) is 6.08 Å². The van der Waals surface area contributed by atoms with Crippen molar-refractivity contribution in [1.29, 1.82) is 0 Å². The van der Waals surface area contributed by atoms with Crippen LogP contribution < -0.4 is 5.32 Å². The zero-order chi connectivity index (χ0) is 65.2. The first kappa shape index (κ1) is 83.3. The summed E-state index contributed by atoms with van der Waals surface area (Å²) in [5, 5.41) is 87.5. The monoisotopic (exact) mass is 1270 g/mol. The lowest BCUT2D eigenvalue weighted by atomic mass is 9.97. The Kier molecular flexibility index (Phi) is 55.4. The molecule has 522 valence electrons. The zero-order valence-electron chi connectivity index (χ0n) is 56.9. The van der Waals surface area contributed by atoms with Crippen molar-refractivity contribution >= 4 is 5.91 Å². The number of ether oxygens (including phenoxy) is 4. The van der Waals surface area contributed by atoms with Gasteiger partial charge in [-0.2, -0.15) is 0 Å². The van der Waals surface area contributed by atoms with Gasteiger partial charge in [0.2, 0.25) is 5.91 Å². The predicted octanol–water partition coefficient (Wildman–Crippen LogP) is 15.6. The standard InChI is InChI=1S/C76H135NO13/c1-3-5-7-9-11-13-15-17-19-21-23-25-27-28-29-30-31-32-33-34-35-36-38-39-41-43-45-47-49-51-53-55-57-59-65(80)64(63-87-75-73(86)71(84)74(67(62-79)89-75)90-76-72(85)70(83)69(82)66(61-78)88-76)77-68(81)60-58-56-54-52-50-48-46-44-42-40-37-26-24-22-20-18-16-14-12-10-8-6-4-2/h6,8,12,14,18,20,24,26,40,42,49,51,57,59,64-67,69-76,78-80,82-86H,3-5,7,9-11,13,15-17,19,21-23,25,27-39,41,43-48,50,52-56,58,60-63H2,1-2H3,(H,77,81)/b8-6-,14-12-,20-18-,26-24-,42-40-,51-49+,59-57+. The van der Waals surface area contributed by atoms with Crippen molar-refractivity contribution in [1.82, 2.24) is 5.32 Å². The van der Waals surface area contributed by atoms with Gasteiger partial charge in [-0.15, -0.1) is 0 Å². The van der Waals surface area contributed by atoms with Crippen molar-refractivity contribution in [3.8, 4) is 0 Å². The Morgan fingerprint density at radius 2 is 0.778 bits per heavy atom. The van der Waals surface area contributed by atoms with Crippen LogP contribution in [0.15, 0.2) is 85.1 Å². The number of aliphatic hydroxyl groups excluding tert-OH is 8. The minimum atomic E-state index is -1.80. The number of hydrogen-bond acceptors (Lipinski definition) is 13. The molecule has 2 aliphatic heterocycles. The maximum atomic E-state index is 13.3. The maximum Gasteiger partial charge on any atom is 0.220 e. The number of unbranched alkanes of at least 4 members (excludes halogenated alkanes) is 35. The normalized spacial score (nSPS) is 23.4. The van der Waals surface area contributed by atoms with Crippen molar-refractivity contribution < 1.29 is 64.6 Å². The van der Waals surface area contributed by atoms with E-state index < -0.39 is 86.8 Å². The van der Waals surface area contributed by atoms with E-state index in [0.29, 0.717) is 12.8 Å². The second-order valence-corrected chi connectivity index (χ2v) is 25.7. The van der Waals surface area contributed by atoms with Crippen LogP contribution in [-0.4, -0.2) is 140 Å². The molecule has 0 aromatic carbocycles. The van der Waals surface area contributed by atoms with Gasteiger partial charge >= 0.3 is 0 Å².